The molecular formula is C19H27N3O2S. The summed E-state index contributed by atoms with van der Waals surface area (Å²) < 4.78 is 0. The van der Waals surface area contributed by atoms with Gasteiger partial charge in [-0.1, -0.05) is 0 Å². The van der Waals surface area contributed by atoms with E-state index in [0.29, 0.717) is 18.1 Å². The van der Waals surface area contributed by atoms with Crippen molar-refractivity contribution in [2.45, 2.75) is 69.5 Å². The van der Waals surface area contributed by atoms with Gasteiger partial charge in [0.15, 0.2) is 0 Å². The molecule has 1 aliphatic carbocycles. The standard InChI is InChI=1S/C19H27N3O2S/c1-22(15-9-13-6-7-14(10-15)21-13)18(23)11-20-19(24)17-8-12-4-2-3-5-16(12)25-17/h8,13-15,21H,2-7,9-11H2,1H3,(H,20,24). The number of fused-ring (bicyclic) bond motifs is 3. The van der Waals surface area contributed by atoms with Gasteiger partial charge in [0.1, 0.15) is 0 Å². The van der Waals surface area contributed by atoms with E-state index in [-0.39, 0.29) is 18.4 Å². The predicted octanol–water partition coefficient (Wildman–Crippen LogP) is 2.10. The zero-order valence-electron chi connectivity index (χ0n) is 14.8. The Morgan fingerprint density at radius 2 is 1.96 bits per heavy atom. The smallest absolute Gasteiger partial charge is 0.261 e. The Morgan fingerprint density at radius 3 is 2.68 bits per heavy atom. The van der Waals surface area contributed by atoms with Gasteiger partial charge in [0.2, 0.25) is 5.91 Å². The summed E-state index contributed by atoms with van der Waals surface area (Å²) in [5.74, 6) is -0.0903. The van der Waals surface area contributed by atoms with Crippen molar-refractivity contribution >= 4 is 23.2 Å². The molecule has 2 aliphatic heterocycles. The molecule has 3 heterocycles. The average Bonchev–Trinajstić information content (AvgIpc) is 3.21. The molecule has 0 saturated carbocycles. The van der Waals surface area contributed by atoms with Crippen molar-refractivity contribution in [3.05, 3.63) is 21.4 Å². The van der Waals surface area contributed by atoms with Crippen LogP contribution in [0, 0.1) is 0 Å². The normalized spacial score (nSPS) is 27.6. The second kappa shape index (κ2) is 7.08. The van der Waals surface area contributed by atoms with Crippen molar-refractivity contribution in [2.75, 3.05) is 13.6 Å². The van der Waals surface area contributed by atoms with Crippen LogP contribution >= 0.6 is 11.3 Å². The zero-order chi connectivity index (χ0) is 17.4. The lowest BCUT2D eigenvalue weighted by Crippen LogP contribution is -2.50. The van der Waals surface area contributed by atoms with E-state index in [2.05, 4.69) is 10.6 Å². The van der Waals surface area contributed by atoms with Gasteiger partial charge in [-0.2, -0.15) is 0 Å². The van der Waals surface area contributed by atoms with Gasteiger partial charge in [0.25, 0.3) is 5.91 Å². The molecule has 5 nitrogen and oxygen atoms in total. The molecule has 0 aromatic carbocycles. The molecule has 2 fully saturated rings. The highest BCUT2D eigenvalue weighted by atomic mass is 32.1. The summed E-state index contributed by atoms with van der Waals surface area (Å²) in [6.45, 7) is 0.0944. The predicted molar refractivity (Wildman–Crippen MR) is 99.0 cm³/mol. The third-order valence-corrected chi connectivity index (χ3v) is 7.25. The monoisotopic (exact) mass is 361 g/mol. The number of hydrogen-bond acceptors (Lipinski definition) is 4. The number of nitrogens with one attached hydrogen (secondary N) is 2. The second-order valence-corrected chi connectivity index (χ2v) is 8.85. The number of amides is 2. The topological polar surface area (TPSA) is 61.4 Å². The molecule has 3 aliphatic rings. The maximum Gasteiger partial charge on any atom is 0.261 e. The van der Waals surface area contributed by atoms with Crippen LogP contribution in [-0.2, 0) is 17.6 Å². The van der Waals surface area contributed by atoms with E-state index in [1.807, 2.05) is 18.0 Å². The van der Waals surface area contributed by atoms with Crippen LogP contribution in [0.5, 0.6) is 0 Å². The summed E-state index contributed by atoms with van der Waals surface area (Å²) in [5.41, 5.74) is 1.33. The summed E-state index contributed by atoms with van der Waals surface area (Å²) in [5, 5.41) is 6.43. The van der Waals surface area contributed by atoms with Crippen molar-refractivity contribution in [1.82, 2.24) is 15.5 Å². The van der Waals surface area contributed by atoms with Crippen LogP contribution < -0.4 is 10.6 Å². The second-order valence-electron chi connectivity index (χ2n) is 7.72. The van der Waals surface area contributed by atoms with E-state index in [1.165, 1.54) is 36.1 Å². The molecule has 2 unspecified atom stereocenters. The average molecular weight is 362 g/mol. The van der Waals surface area contributed by atoms with Crippen LogP contribution in [0.3, 0.4) is 0 Å². The molecule has 2 bridgehead atoms. The highest BCUT2D eigenvalue weighted by Gasteiger charge is 2.36. The van der Waals surface area contributed by atoms with Gasteiger partial charge in [0.05, 0.1) is 11.4 Å². The summed E-state index contributed by atoms with van der Waals surface area (Å²) in [7, 11) is 1.88. The first-order valence-electron chi connectivity index (χ1n) is 9.51. The molecule has 0 radical (unpaired) electrons. The molecule has 136 valence electrons. The largest absolute Gasteiger partial charge is 0.342 e. The van der Waals surface area contributed by atoms with Gasteiger partial charge < -0.3 is 15.5 Å². The molecule has 1 aromatic heterocycles. The van der Waals surface area contributed by atoms with Crippen molar-refractivity contribution in [3.8, 4) is 0 Å². The number of piperidine rings is 1. The van der Waals surface area contributed by atoms with Crippen molar-refractivity contribution in [3.63, 3.8) is 0 Å². The van der Waals surface area contributed by atoms with Crippen molar-refractivity contribution in [1.29, 1.82) is 0 Å². The van der Waals surface area contributed by atoms with Crippen molar-refractivity contribution < 1.29 is 9.59 Å². The maximum atomic E-state index is 12.5. The Bertz CT molecular complexity index is 636. The number of hydrogen-bond donors (Lipinski definition) is 2. The zero-order valence-corrected chi connectivity index (χ0v) is 15.7. The Hall–Kier alpha value is -1.40. The number of aryl methyl sites for hydroxylation is 2. The lowest BCUT2D eigenvalue weighted by atomic mass is 9.98. The highest BCUT2D eigenvalue weighted by Crippen LogP contribution is 2.30. The van der Waals surface area contributed by atoms with Crippen molar-refractivity contribution in [2.24, 2.45) is 0 Å². The van der Waals surface area contributed by atoms with Crippen LogP contribution in [-0.4, -0.2) is 48.4 Å². The van der Waals surface area contributed by atoms with Crippen LogP contribution in [0.4, 0.5) is 0 Å². The van der Waals surface area contributed by atoms with E-state index >= 15 is 0 Å². The lowest BCUT2D eigenvalue weighted by Gasteiger charge is -2.35. The van der Waals surface area contributed by atoms with Crippen LogP contribution in [0.15, 0.2) is 6.07 Å². The molecule has 0 spiro atoms. The third-order valence-electron chi connectivity index (χ3n) is 6.01. The summed E-state index contributed by atoms with van der Waals surface area (Å²) in [6.07, 6.45) is 9.12. The maximum absolute atomic E-state index is 12.5. The van der Waals surface area contributed by atoms with Gasteiger partial charge in [0, 0.05) is 30.1 Å². The van der Waals surface area contributed by atoms with Gasteiger partial charge >= 0.3 is 0 Å². The summed E-state index contributed by atoms with van der Waals surface area (Å²) >= 11 is 1.60. The number of nitrogens with zero attached hydrogens (tertiary/aromatic N) is 1. The first-order valence-corrected chi connectivity index (χ1v) is 10.3. The van der Waals surface area contributed by atoms with E-state index in [0.717, 1.165) is 30.6 Å². The van der Waals surface area contributed by atoms with Gasteiger partial charge in [-0.05, 0) is 63.0 Å². The fourth-order valence-electron chi connectivity index (χ4n) is 4.52. The van der Waals surface area contributed by atoms with Crippen LogP contribution in [0.1, 0.15) is 58.6 Å². The van der Waals surface area contributed by atoms with Gasteiger partial charge in [-0.25, -0.2) is 0 Å². The minimum atomic E-state index is -0.105. The molecule has 6 heteroatoms. The minimum absolute atomic E-state index is 0.0148. The number of likely N-dealkylation sites (N-methyl/N-ethyl adjacent to an activating group) is 1. The Morgan fingerprint density at radius 1 is 1.24 bits per heavy atom. The first-order chi connectivity index (χ1) is 12.1. The summed E-state index contributed by atoms with van der Waals surface area (Å²) in [4.78, 5) is 28.9. The number of carbonyl (C=O) groups excluding carboxylic acids is 2. The molecule has 2 atom stereocenters. The molecule has 2 saturated heterocycles. The molecule has 25 heavy (non-hydrogen) atoms. The summed E-state index contributed by atoms with van der Waals surface area (Å²) in [6, 6.07) is 3.45. The van der Waals surface area contributed by atoms with E-state index in [9.17, 15) is 9.59 Å². The first kappa shape index (κ1) is 17.0. The molecule has 2 amide bonds. The molecular weight excluding hydrogens is 334 g/mol. The van der Waals surface area contributed by atoms with E-state index < -0.39 is 0 Å². The van der Waals surface area contributed by atoms with E-state index in [1.54, 1.807) is 11.3 Å². The fourth-order valence-corrected chi connectivity index (χ4v) is 5.69. The van der Waals surface area contributed by atoms with Crippen LogP contribution in [0.2, 0.25) is 0 Å². The number of thiophene rings is 1. The fraction of sp³-hybridized carbons (Fsp3) is 0.684. The quantitative estimate of drug-likeness (QED) is 0.863. The Kier molecular flexibility index (Phi) is 4.82. The molecule has 2 N–H and O–H groups in total. The molecule has 1 aromatic rings. The van der Waals surface area contributed by atoms with Crippen LogP contribution in [0.25, 0.3) is 0 Å². The Labute approximate surface area is 153 Å². The minimum Gasteiger partial charge on any atom is -0.342 e. The lowest BCUT2D eigenvalue weighted by molar-refractivity contribution is -0.131. The molecule has 4 rings (SSSR count). The van der Waals surface area contributed by atoms with Gasteiger partial charge in [-0.15, -0.1) is 11.3 Å². The van der Waals surface area contributed by atoms with E-state index in [4.69, 9.17) is 0 Å². The highest BCUT2D eigenvalue weighted by molar-refractivity contribution is 7.14. The van der Waals surface area contributed by atoms with Gasteiger partial charge in [-0.3, -0.25) is 9.59 Å². The number of carbonyl (C=O) groups is 2. The number of rotatable bonds is 4. The third kappa shape index (κ3) is 3.60. The Balaban J connectivity index is 1.30. The SMILES string of the molecule is CN(C(=O)CNC(=O)c1cc2c(s1)CCCC2)C1CC2CCC(C1)N2.